The molecule has 0 aliphatic rings. The smallest absolute Gasteiger partial charge is 0.115 e. The van der Waals surface area contributed by atoms with Crippen LogP contribution in [-0.4, -0.2) is 5.75 Å². The van der Waals surface area contributed by atoms with Crippen molar-refractivity contribution in [1.29, 1.82) is 0 Å². The van der Waals surface area contributed by atoms with Crippen LogP contribution in [0.15, 0.2) is 21.6 Å². The molecule has 0 N–H and O–H groups in total. The molecule has 0 spiro atoms. The highest BCUT2D eigenvalue weighted by Crippen LogP contribution is 2.33. The molecular formula is C7H10OS2. The highest BCUT2D eigenvalue weighted by Gasteiger charge is 1.99. The lowest BCUT2D eigenvalue weighted by molar-refractivity contribution is 0.527. The Hall–Kier alpha value is -0.0200. The zero-order valence-electron chi connectivity index (χ0n) is 6.09. The van der Waals surface area contributed by atoms with E-state index in [0.29, 0.717) is 0 Å². The van der Waals surface area contributed by atoms with Gasteiger partial charge in [0.05, 0.1) is 11.2 Å². The summed E-state index contributed by atoms with van der Waals surface area (Å²) in [7, 11) is 3.61. The Morgan fingerprint density at radius 2 is 2.40 bits per heavy atom. The van der Waals surface area contributed by atoms with Crippen LogP contribution in [0.4, 0.5) is 0 Å². The van der Waals surface area contributed by atoms with Crippen LogP contribution in [0.25, 0.3) is 0 Å². The summed E-state index contributed by atoms with van der Waals surface area (Å²) < 4.78 is 5.13. The van der Waals surface area contributed by atoms with Gasteiger partial charge in [-0.25, -0.2) is 0 Å². The van der Waals surface area contributed by atoms with E-state index < -0.39 is 0 Å². The van der Waals surface area contributed by atoms with Gasteiger partial charge in [-0.3, -0.25) is 0 Å². The molecule has 0 aromatic carbocycles. The second-order valence-electron chi connectivity index (χ2n) is 1.83. The molecule has 1 aromatic rings. The molecule has 0 saturated heterocycles. The number of furan rings is 1. The summed E-state index contributed by atoms with van der Waals surface area (Å²) in [6.45, 7) is 4.13. The fourth-order valence-corrected chi connectivity index (χ4v) is 2.36. The first-order valence-corrected chi connectivity index (χ1v) is 5.50. The maximum absolute atomic E-state index is 5.13. The van der Waals surface area contributed by atoms with Crippen LogP contribution in [0, 0.1) is 6.92 Å². The summed E-state index contributed by atoms with van der Waals surface area (Å²) in [5.41, 5.74) is 0. The zero-order valence-corrected chi connectivity index (χ0v) is 7.72. The van der Waals surface area contributed by atoms with E-state index in [4.69, 9.17) is 4.42 Å². The first kappa shape index (κ1) is 8.08. The minimum Gasteiger partial charge on any atom is -0.468 e. The Labute approximate surface area is 69.0 Å². The quantitative estimate of drug-likeness (QED) is 0.652. The zero-order chi connectivity index (χ0) is 7.40. The molecular weight excluding hydrogens is 164 g/mol. The Kier molecular flexibility index (Phi) is 3.22. The third-order valence-corrected chi connectivity index (χ3v) is 3.63. The molecule has 0 saturated carbocycles. The number of rotatable bonds is 3. The van der Waals surface area contributed by atoms with Gasteiger partial charge >= 0.3 is 0 Å². The van der Waals surface area contributed by atoms with Crippen molar-refractivity contribution in [2.24, 2.45) is 0 Å². The van der Waals surface area contributed by atoms with Crippen molar-refractivity contribution in [3.05, 3.63) is 18.1 Å². The van der Waals surface area contributed by atoms with Gasteiger partial charge in [0.1, 0.15) is 5.76 Å². The first-order chi connectivity index (χ1) is 4.84. The van der Waals surface area contributed by atoms with E-state index in [0.717, 1.165) is 11.5 Å². The van der Waals surface area contributed by atoms with Crippen molar-refractivity contribution in [3.8, 4) is 0 Å². The molecule has 56 valence electrons. The molecule has 3 heteroatoms. The average Bonchev–Trinajstić information content (AvgIpc) is 2.31. The first-order valence-electron chi connectivity index (χ1n) is 3.18. The molecule has 10 heavy (non-hydrogen) atoms. The number of hydrogen-bond donors (Lipinski definition) is 0. The summed E-state index contributed by atoms with van der Waals surface area (Å²) in [6, 6.07) is 2.00. The monoisotopic (exact) mass is 174 g/mol. The van der Waals surface area contributed by atoms with E-state index in [1.807, 2.05) is 23.8 Å². The van der Waals surface area contributed by atoms with E-state index in [1.165, 1.54) is 4.90 Å². The largest absolute Gasteiger partial charge is 0.468 e. The molecule has 0 atom stereocenters. The number of hydrogen-bond acceptors (Lipinski definition) is 3. The molecule has 1 nitrogen and oxygen atoms in total. The van der Waals surface area contributed by atoms with Crippen LogP contribution in [0.5, 0.6) is 0 Å². The van der Waals surface area contributed by atoms with Gasteiger partial charge < -0.3 is 4.42 Å². The normalized spacial score (nSPS) is 10.2. The molecule has 1 heterocycles. The van der Waals surface area contributed by atoms with Crippen LogP contribution in [0.1, 0.15) is 12.7 Å². The minimum atomic E-state index is 1.02. The summed E-state index contributed by atoms with van der Waals surface area (Å²) in [6.07, 6.45) is 1.73. The second kappa shape index (κ2) is 3.98. The SMILES string of the molecule is CCSSc1ccoc1C. The van der Waals surface area contributed by atoms with Gasteiger partial charge in [0.25, 0.3) is 0 Å². The van der Waals surface area contributed by atoms with Crippen LogP contribution in [-0.2, 0) is 0 Å². The standard InChI is InChI=1S/C7H10OS2/c1-3-9-10-7-4-5-8-6(7)2/h4-5H,3H2,1-2H3. The van der Waals surface area contributed by atoms with Crippen molar-refractivity contribution in [1.82, 2.24) is 0 Å². The van der Waals surface area contributed by atoms with E-state index in [9.17, 15) is 0 Å². The summed E-state index contributed by atoms with van der Waals surface area (Å²) in [4.78, 5) is 1.24. The highest BCUT2D eigenvalue weighted by atomic mass is 33.1. The van der Waals surface area contributed by atoms with Crippen molar-refractivity contribution in [2.75, 3.05) is 5.75 Å². The van der Waals surface area contributed by atoms with Crippen LogP contribution in [0.3, 0.4) is 0 Å². The molecule has 0 fully saturated rings. The summed E-state index contributed by atoms with van der Waals surface area (Å²) in [5.74, 6) is 2.15. The van der Waals surface area contributed by atoms with Crippen LogP contribution in [0.2, 0.25) is 0 Å². The van der Waals surface area contributed by atoms with Gasteiger partial charge in [-0.05, 0) is 13.0 Å². The van der Waals surface area contributed by atoms with Crippen LogP contribution >= 0.6 is 21.6 Å². The summed E-state index contributed by atoms with van der Waals surface area (Å²) >= 11 is 0. The third kappa shape index (κ3) is 1.99. The molecule has 0 aliphatic carbocycles. The van der Waals surface area contributed by atoms with Crippen molar-refractivity contribution in [2.45, 2.75) is 18.7 Å². The van der Waals surface area contributed by atoms with E-state index in [-0.39, 0.29) is 0 Å². The van der Waals surface area contributed by atoms with Gasteiger partial charge in [0.2, 0.25) is 0 Å². The molecule has 1 rings (SSSR count). The van der Waals surface area contributed by atoms with E-state index >= 15 is 0 Å². The maximum atomic E-state index is 5.13. The molecule has 0 radical (unpaired) electrons. The maximum Gasteiger partial charge on any atom is 0.115 e. The van der Waals surface area contributed by atoms with Gasteiger partial charge in [-0.15, -0.1) is 0 Å². The van der Waals surface area contributed by atoms with E-state index in [2.05, 4.69) is 6.92 Å². The minimum absolute atomic E-state index is 1.02. The lowest BCUT2D eigenvalue weighted by atomic mass is 10.5. The Morgan fingerprint density at radius 1 is 1.60 bits per heavy atom. The fourth-order valence-electron chi connectivity index (χ4n) is 0.582. The predicted molar refractivity (Wildman–Crippen MR) is 47.4 cm³/mol. The molecule has 0 amide bonds. The van der Waals surface area contributed by atoms with Crippen molar-refractivity contribution < 1.29 is 4.42 Å². The third-order valence-electron chi connectivity index (χ3n) is 1.08. The predicted octanol–water partition coefficient (Wildman–Crippen LogP) is 3.35. The molecule has 0 unspecified atom stereocenters. The van der Waals surface area contributed by atoms with Gasteiger partial charge in [0, 0.05) is 5.75 Å². The molecule has 0 bridgehead atoms. The van der Waals surface area contributed by atoms with Gasteiger partial charge in [0.15, 0.2) is 0 Å². The fraction of sp³-hybridized carbons (Fsp3) is 0.429. The molecule has 1 aromatic heterocycles. The van der Waals surface area contributed by atoms with Gasteiger partial charge in [-0.2, -0.15) is 0 Å². The summed E-state index contributed by atoms with van der Waals surface area (Å²) in [5, 5.41) is 0. The Balaban J connectivity index is 2.49. The van der Waals surface area contributed by atoms with Crippen molar-refractivity contribution >= 4 is 21.6 Å². The second-order valence-corrected chi connectivity index (χ2v) is 4.46. The average molecular weight is 174 g/mol. The number of aryl methyl sites for hydroxylation is 1. The lowest BCUT2D eigenvalue weighted by Crippen LogP contribution is -1.65. The highest BCUT2D eigenvalue weighted by molar-refractivity contribution is 8.76. The van der Waals surface area contributed by atoms with Crippen molar-refractivity contribution in [3.63, 3.8) is 0 Å². The molecule has 0 aliphatic heterocycles. The van der Waals surface area contributed by atoms with E-state index in [1.54, 1.807) is 17.1 Å². The lowest BCUT2D eigenvalue weighted by Gasteiger charge is -1.93. The van der Waals surface area contributed by atoms with Crippen LogP contribution < -0.4 is 0 Å². The Morgan fingerprint density at radius 3 is 2.90 bits per heavy atom. The van der Waals surface area contributed by atoms with Gasteiger partial charge in [-0.1, -0.05) is 28.5 Å². The Bertz CT molecular complexity index is 195. The topological polar surface area (TPSA) is 13.1 Å².